The molecule has 0 unspecified atom stereocenters. The summed E-state index contributed by atoms with van der Waals surface area (Å²) >= 11 is 2.83. The van der Waals surface area contributed by atoms with Crippen LogP contribution in [0.2, 0.25) is 0 Å². The van der Waals surface area contributed by atoms with Gasteiger partial charge < -0.3 is 14.2 Å². The number of carbonyl (C=O) groups is 2. The highest BCUT2D eigenvalue weighted by Gasteiger charge is 2.17. The molecule has 0 saturated carbocycles. The smallest absolute Gasteiger partial charge is 0.316 e. The zero-order chi connectivity index (χ0) is 17.9. The van der Waals surface area contributed by atoms with Crippen molar-refractivity contribution < 1.29 is 23.8 Å². The molecule has 2 aromatic carbocycles. The van der Waals surface area contributed by atoms with Crippen LogP contribution in [0, 0.1) is 0 Å². The minimum atomic E-state index is -0.455. The number of ether oxygens (including phenoxy) is 3. The molecule has 0 atom stereocenters. The predicted molar refractivity (Wildman–Crippen MR) is 98.2 cm³/mol. The van der Waals surface area contributed by atoms with Gasteiger partial charge in [0.25, 0.3) is 0 Å². The van der Waals surface area contributed by atoms with Crippen LogP contribution in [0.3, 0.4) is 0 Å². The predicted octanol–water partition coefficient (Wildman–Crippen LogP) is 3.54. The third kappa shape index (κ3) is 3.66. The van der Waals surface area contributed by atoms with Gasteiger partial charge in [0.2, 0.25) is 6.79 Å². The molecule has 0 amide bonds. The Balaban J connectivity index is 1.29. The van der Waals surface area contributed by atoms with Crippen LogP contribution >= 0.6 is 23.1 Å². The summed E-state index contributed by atoms with van der Waals surface area (Å²) < 4.78 is 17.4. The van der Waals surface area contributed by atoms with Gasteiger partial charge in [0.05, 0.1) is 16.0 Å². The van der Waals surface area contributed by atoms with Gasteiger partial charge in [0, 0.05) is 5.56 Å². The molecule has 1 aliphatic heterocycles. The summed E-state index contributed by atoms with van der Waals surface area (Å²) in [6.07, 6.45) is 0. The summed E-state index contributed by atoms with van der Waals surface area (Å²) in [4.78, 5) is 28.5. The number of carbonyl (C=O) groups excluding carboxylic acids is 2. The number of hydrogen-bond donors (Lipinski definition) is 0. The quantitative estimate of drug-likeness (QED) is 0.364. The van der Waals surface area contributed by atoms with Gasteiger partial charge in [-0.05, 0) is 30.3 Å². The van der Waals surface area contributed by atoms with Crippen molar-refractivity contribution in [3.63, 3.8) is 0 Å². The normalized spacial score (nSPS) is 12.3. The maximum atomic E-state index is 12.1. The van der Waals surface area contributed by atoms with Crippen LogP contribution in [0.15, 0.2) is 46.8 Å². The molecule has 2 heterocycles. The third-order valence-electron chi connectivity index (χ3n) is 3.65. The third-order valence-corrected chi connectivity index (χ3v) is 5.80. The molecule has 6 nitrogen and oxygen atoms in total. The van der Waals surface area contributed by atoms with Crippen LogP contribution in [0.5, 0.6) is 11.5 Å². The first-order valence-corrected chi connectivity index (χ1v) is 9.56. The Bertz CT molecular complexity index is 952. The molecule has 0 saturated heterocycles. The van der Waals surface area contributed by atoms with E-state index in [1.54, 1.807) is 18.2 Å². The van der Waals surface area contributed by atoms with Gasteiger partial charge in [-0.15, -0.1) is 11.3 Å². The van der Waals surface area contributed by atoms with Crippen LogP contribution in [0.1, 0.15) is 10.4 Å². The zero-order valence-corrected chi connectivity index (χ0v) is 15.1. The van der Waals surface area contributed by atoms with Crippen LogP contribution in [0.4, 0.5) is 0 Å². The van der Waals surface area contributed by atoms with E-state index in [2.05, 4.69) is 4.98 Å². The molecule has 1 aliphatic rings. The number of benzene rings is 2. The standard InChI is InChI=1S/C18H13NO5S2/c20-13(11-5-6-14-15(7-11)24-10-23-14)8-22-17(21)9-25-18-19-12-3-1-2-4-16(12)26-18/h1-7H,8-10H2. The molecule has 1 aromatic heterocycles. The fourth-order valence-electron chi connectivity index (χ4n) is 2.37. The SMILES string of the molecule is O=C(CSc1nc2ccccc2s1)OCC(=O)c1ccc2c(c1)OCO2. The first-order valence-electron chi connectivity index (χ1n) is 7.76. The number of thiazole rings is 1. The second kappa shape index (κ2) is 7.35. The van der Waals surface area contributed by atoms with Crippen LogP contribution < -0.4 is 9.47 Å². The van der Waals surface area contributed by atoms with Crippen molar-refractivity contribution in [1.82, 2.24) is 4.98 Å². The van der Waals surface area contributed by atoms with E-state index in [4.69, 9.17) is 14.2 Å². The second-order valence-electron chi connectivity index (χ2n) is 5.39. The van der Waals surface area contributed by atoms with Gasteiger partial charge in [-0.1, -0.05) is 23.9 Å². The summed E-state index contributed by atoms with van der Waals surface area (Å²) in [6.45, 7) is -0.163. The van der Waals surface area contributed by atoms with Gasteiger partial charge in [0.1, 0.15) is 0 Å². The maximum absolute atomic E-state index is 12.1. The average molecular weight is 387 g/mol. The summed E-state index contributed by atoms with van der Waals surface area (Å²) in [5, 5.41) is 0. The molecule has 0 spiro atoms. The first kappa shape index (κ1) is 16.9. The summed E-state index contributed by atoms with van der Waals surface area (Å²) in [7, 11) is 0. The molecule has 0 aliphatic carbocycles. The highest BCUT2D eigenvalue weighted by Crippen LogP contribution is 2.32. The molecule has 0 bridgehead atoms. The van der Waals surface area contributed by atoms with Crippen LogP contribution in [-0.2, 0) is 9.53 Å². The largest absolute Gasteiger partial charge is 0.457 e. The molecule has 0 fully saturated rings. The minimum absolute atomic E-state index is 0.105. The number of hydrogen-bond acceptors (Lipinski definition) is 8. The van der Waals surface area contributed by atoms with Gasteiger partial charge in [-0.25, -0.2) is 4.98 Å². The highest BCUT2D eigenvalue weighted by molar-refractivity contribution is 8.01. The number of ketones is 1. The zero-order valence-electron chi connectivity index (χ0n) is 13.5. The molecular formula is C18H13NO5S2. The summed E-state index contributed by atoms with van der Waals surface area (Å²) in [5.41, 5.74) is 1.33. The Hall–Kier alpha value is -2.58. The minimum Gasteiger partial charge on any atom is -0.457 e. The van der Waals surface area contributed by atoms with Crippen molar-refractivity contribution >= 4 is 45.1 Å². The fourth-order valence-corrected chi connectivity index (χ4v) is 4.24. The van der Waals surface area contributed by atoms with E-state index in [0.29, 0.717) is 17.1 Å². The number of nitrogens with zero attached hydrogens (tertiary/aromatic N) is 1. The lowest BCUT2D eigenvalue weighted by Crippen LogP contribution is -2.15. The molecule has 0 N–H and O–H groups in total. The number of para-hydroxylation sites is 1. The number of fused-ring (bicyclic) bond motifs is 2. The summed E-state index contributed by atoms with van der Waals surface area (Å²) in [5.74, 6) is 0.484. The van der Waals surface area contributed by atoms with E-state index in [-0.39, 0.29) is 24.9 Å². The van der Waals surface area contributed by atoms with Gasteiger partial charge in [0.15, 0.2) is 28.2 Å². The average Bonchev–Trinajstić information content (AvgIpc) is 3.29. The Labute approximate surface area is 157 Å². The van der Waals surface area contributed by atoms with Crippen molar-refractivity contribution in [2.24, 2.45) is 0 Å². The second-order valence-corrected chi connectivity index (χ2v) is 7.64. The van der Waals surface area contributed by atoms with Crippen molar-refractivity contribution in [2.75, 3.05) is 19.2 Å². The van der Waals surface area contributed by atoms with E-state index in [9.17, 15) is 9.59 Å². The molecule has 4 rings (SSSR count). The lowest BCUT2D eigenvalue weighted by atomic mass is 10.1. The van der Waals surface area contributed by atoms with Crippen molar-refractivity contribution in [3.05, 3.63) is 48.0 Å². The Morgan fingerprint density at radius 3 is 2.88 bits per heavy atom. The lowest BCUT2D eigenvalue weighted by molar-refractivity contribution is -0.139. The van der Waals surface area contributed by atoms with Crippen molar-refractivity contribution in [2.45, 2.75) is 4.34 Å². The number of aromatic nitrogens is 1. The molecule has 132 valence electrons. The maximum Gasteiger partial charge on any atom is 0.316 e. The lowest BCUT2D eigenvalue weighted by Gasteiger charge is -2.04. The first-order chi connectivity index (χ1) is 12.7. The summed E-state index contributed by atoms with van der Waals surface area (Å²) in [6, 6.07) is 12.7. The molecule has 8 heteroatoms. The van der Waals surface area contributed by atoms with Crippen LogP contribution in [0.25, 0.3) is 10.2 Å². The highest BCUT2D eigenvalue weighted by atomic mass is 32.2. The van der Waals surface area contributed by atoms with Crippen molar-refractivity contribution in [1.29, 1.82) is 0 Å². The molecule has 26 heavy (non-hydrogen) atoms. The van der Waals surface area contributed by atoms with Gasteiger partial charge >= 0.3 is 5.97 Å². The molecule has 3 aromatic rings. The number of Topliss-reactive ketones (excluding diaryl/α,β-unsaturated/α-hetero) is 1. The monoisotopic (exact) mass is 387 g/mol. The number of rotatable bonds is 6. The number of esters is 1. The molecule has 0 radical (unpaired) electrons. The topological polar surface area (TPSA) is 74.7 Å². The Morgan fingerprint density at radius 1 is 1.15 bits per heavy atom. The van der Waals surface area contributed by atoms with Crippen molar-refractivity contribution in [3.8, 4) is 11.5 Å². The van der Waals surface area contributed by atoms with E-state index in [1.807, 2.05) is 24.3 Å². The van der Waals surface area contributed by atoms with Gasteiger partial charge in [-0.2, -0.15) is 0 Å². The van der Waals surface area contributed by atoms with E-state index >= 15 is 0 Å². The van der Waals surface area contributed by atoms with Crippen LogP contribution in [-0.4, -0.2) is 35.9 Å². The van der Waals surface area contributed by atoms with E-state index in [0.717, 1.165) is 14.6 Å². The van der Waals surface area contributed by atoms with E-state index in [1.165, 1.54) is 23.1 Å². The fraction of sp³-hybridized carbons (Fsp3) is 0.167. The Morgan fingerprint density at radius 2 is 2.00 bits per heavy atom. The Kier molecular flexibility index (Phi) is 4.77. The van der Waals surface area contributed by atoms with E-state index < -0.39 is 5.97 Å². The molecular weight excluding hydrogens is 374 g/mol. The van der Waals surface area contributed by atoms with Gasteiger partial charge in [-0.3, -0.25) is 9.59 Å². The number of thioether (sulfide) groups is 1.